The van der Waals surface area contributed by atoms with Gasteiger partial charge in [-0.15, -0.1) is 0 Å². The molecule has 2 N–H and O–H groups in total. The number of hydrogen-bond acceptors (Lipinski definition) is 5. The van der Waals surface area contributed by atoms with E-state index in [0.717, 1.165) is 5.39 Å². The fourth-order valence-electron chi connectivity index (χ4n) is 1.76. The van der Waals surface area contributed by atoms with Gasteiger partial charge in [0, 0.05) is 22.5 Å². The van der Waals surface area contributed by atoms with Crippen LogP contribution in [-0.2, 0) is 0 Å². The molecule has 3 aromatic heterocycles. The molecular weight excluding hydrogens is 220 g/mol. The lowest BCUT2D eigenvalue weighted by molar-refractivity contribution is 0.464. The number of rotatable bonds is 0. The molecule has 0 fully saturated rings. The van der Waals surface area contributed by atoms with Crippen molar-refractivity contribution in [2.75, 3.05) is 0 Å². The van der Waals surface area contributed by atoms with Gasteiger partial charge in [0.25, 0.3) is 5.56 Å². The number of H-pyrrole nitrogens is 1. The maximum absolute atomic E-state index is 11.4. The minimum atomic E-state index is -0.545. The highest BCUT2D eigenvalue weighted by Crippen LogP contribution is 2.22. The Morgan fingerprint density at radius 1 is 1.41 bits per heavy atom. The Hall–Kier alpha value is -2.50. The van der Waals surface area contributed by atoms with Crippen LogP contribution in [0.1, 0.15) is 5.56 Å². The van der Waals surface area contributed by atoms with E-state index in [-0.39, 0.29) is 5.75 Å². The zero-order chi connectivity index (χ0) is 12.0. The van der Waals surface area contributed by atoms with Crippen molar-refractivity contribution >= 4 is 22.1 Å². The second kappa shape index (κ2) is 3.24. The quantitative estimate of drug-likeness (QED) is 0.557. The maximum Gasteiger partial charge on any atom is 0.291 e. The summed E-state index contributed by atoms with van der Waals surface area (Å²) in [6.07, 6.45) is 3.03. The van der Waals surface area contributed by atoms with Gasteiger partial charge in [0.2, 0.25) is 0 Å². The summed E-state index contributed by atoms with van der Waals surface area (Å²) in [5.74, 6) is -0.282. The van der Waals surface area contributed by atoms with Crippen LogP contribution in [0, 0.1) is 6.92 Å². The third kappa shape index (κ3) is 1.34. The molecule has 17 heavy (non-hydrogen) atoms. The fourth-order valence-corrected chi connectivity index (χ4v) is 1.76. The summed E-state index contributed by atoms with van der Waals surface area (Å²) < 4.78 is 0. The lowest BCUT2D eigenvalue weighted by Gasteiger charge is -2.04. The number of aromatic hydroxyl groups is 1. The third-order valence-corrected chi connectivity index (χ3v) is 2.70. The number of aryl methyl sites for hydroxylation is 1. The largest absolute Gasteiger partial charge is 0.503 e. The van der Waals surface area contributed by atoms with Crippen LogP contribution < -0.4 is 5.56 Å². The molecule has 0 radical (unpaired) electrons. The van der Waals surface area contributed by atoms with Crippen LogP contribution in [0.15, 0.2) is 23.4 Å². The van der Waals surface area contributed by atoms with Crippen molar-refractivity contribution in [2.45, 2.75) is 6.92 Å². The molecule has 0 saturated heterocycles. The van der Waals surface area contributed by atoms with Crippen molar-refractivity contribution in [1.82, 2.24) is 19.9 Å². The predicted octanol–water partition coefficient (Wildman–Crippen LogP) is 0.880. The van der Waals surface area contributed by atoms with Crippen molar-refractivity contribution in [1.29, 1.82) is 0 Å². The fraction of sp³-hybridized carbons (Fsp3) is 0.0909. The van der Waals surface area contributed by atoms with Gasteiger partial charge >= 0.3 is 0 Å². The van der Waals surface area contributed by atoms with Crippen LogP contribution in [-0.4, -0.2) is 25.0 Å². The van der Waals surface area contributed by atoms with E-state index < -0.39 is 5.56 Å². The summed E-state index contributed by atoms with van der Waals surface area (Å²) in [7, 11) is 0. The highest BCUT2D eigenvalue weighted by molar-refractivity contribution is 5.91. The van der Waals surface area contributed by atoms with Gasteiger partial charge in [0.1, 0.15) is 12.0 Å². The van der Waals surface area contributed by atoms with Gasteiger partial charge in [0.15, 0.2) is 11.4 Å². The average molecular weight is 228 g/mol. The van der Waals surface area contributed by atoms with Crippen LogP contribution in [0.25, 0.3) is 22.1 Å². The standard InChI is InChI=1S/C11H8N4O2/c1-5-7-2-6-3-12-4-13-9(6)14-10(7)15-11(17)8(5)16/h2-4,16H,1H3,(H,12,13,14,15,17). The molecule has 0 aliphatic carbocycles. The first-order valence-corrected chi connectivity index (χ1v) is 4.99. The molecule has 0 spiro atoms. The average Bonchev–Trinajstić information content (AvgIpc) is 2.34. The zero-order valence-corrected chi connectivity index (χ0v) is 8.93. The van der Waals surface area contributed by atoms with E-state index in [9.17, 15) is 9.90 Å². The lowest BCUT2D eigenvalue weighted by atomic mass is 10.1. The molecule has 0 atom stereocenters. The Balaban J connectivity index is 2.57. The number of aromatic amines is 1. The lowest BCUT2D eigenvalue weighted by Crippen LogP contribution is -2.08. The van der Waals surface area contributed by atoms with Crippen LogP contribution >= 0.6 is 0 Å². The number of fused-ring (bicyclic) bond motifs is 2. The number of nitrogens with one attached hydrogen (secondary N) is 1. The molecule has 0 aromatic carbocycles. The Kier molecular flexibility index (Phi) is 1.85. The van der Waals surface area contributed by atoms with Gasteiger partial charge in [0.05, 0.1) is 0 Å². The molecular formula is C11H8N4O2. The summed E-state index contributed by atoms with van der Waals surface area (Å²) in [5.41, 5.74) is 0.877. The highest BCUT2D eigenvalue weighted by atomic mass is 16.3. The van der Waals surface area contributed by atoms with Crippen molar-refractivity contribution in [3.05, 3.63) is 34.5 Å². The Labute approximate surface area is 95.0 Å². The summed E-state index contributed by atoms with van der Waals surface area (Å²) in [6, 6.07) is 1.79. The molecule has 0 bridgehead atoms. The topological polar surface area (TPSA) is 91.8 Å². The monoisotopic (exact) mass is 228 g/mol. The second-order valence-corrected chi connectivity index (χ2v) is 3.75. The minimum absolute atomic E-state index is 0.282. The van der Waals surface area contributed by atoms with E-state index in [1.54, 1.807) is 19.2 Å². The molecule has 0 aliphatic heterocycles. The molecule has 3 aromatic rings. The summed E-state index contributed by atoms with van der Waals surface area (Å²) in [6.45, 7) is 1.67. The molecule has 0 unspecified atom stereocenters. The van der Waals surface area contributed by atoms with Crippen molar-refractivity contribution in [3.8, 4) is 5.75 Å². The van der Waals surface area contributed by atoms with Crippen LogP contribution in [0.5, 0.6) is 5.75 Å². The molecule has 0 amide bonds. The number of nitrogens with zero attached hydrogens (tertiary/aromatic N) is 3. The second-order valence-electron chi connectivity index (χ2n) is 3.75. The highest BCUT2D eigenvalue weighted by Gasteiger charge is 2.09. The van der Waals surface area contributed by atoms with Gasteiger partial charge in [-0.05, 0) is 13.0 Å². The minimum Gasteiger partial charge on any atom is -0.503 e. The van der Waals surface area contributed by atoms with E-state index in [4.69, 9.17) is 0 Å². The number of pyridine rings is 2. The van der Waals surface area contributed by atoms with Gasteiger partial charge in [-0.25, -0.2) is 15.0 Å². The van der Waals surface area contributed by atoms with E-state index in [0.29, 0.717) is 22.2 Å². The van der Waals surface area contributed by atoms with E-state index in [1.807, 2.05) is 0 Å². The Morgan fingerprint density at radius 3 is 3.06 bits per heavy atom. The Bertz CT molecular complexity index is 794. The van der Waals surface area contributed by atoms with Gasteiger partial charge in [-0.2, -0.15) is 0 Å². The molecule has 84 valence electrons. The number of aromatic nitrogens is 4. The predicted molar refractivity (Wildman–Crippen MR) is 61.9 cm³/mol. The SMILES string of the molecule is Cc1c(O)c(=O)[nH]c2nc3ncncc3cc12. The molecule has 0 saturated carbocycles. The summed E-state index contributed by atoms with van der Waals surface area (Å²) in [4.78, 5) is 26.1. The van der Waals surface area contributed by atoms with E-state index >= 15 is 0 Å². The van der Waals surface area contributed by atoms with Gasteiger partial charge in [-0.3, -0.25) is 4.79 Å². The maximum atomic E-state index is 11.4. The van der Waals surface area contributed by atoms with Gasteiger partial charge in [-0.1, -0.05) is 0 Å². The van der Waals surface area contributed by atoms with Crippen molar-refractivity contribution in [2.24, 2.45) is 0 Å². The van der Waals surface area contributed by atoms with Crippen LogP contribution in [0.3, 0.4) is 0 Å². The number of hydrogen-bond donors (Lipinski definition) is 2. The summed E-state index contributed by atoms with van der Waals surface area (Å²) >= 11 is 0. The van der Waals surface area contributed by atoms with E-state index in [1.165, 1.54) is 6.33 Å². The van der Waals surface area contributed by atoms with Crippen LogP contribution in [0.4, 0.5) is 0 Å². The van der Waals surface area contributed by atoms with Crippen LogP contribution in [0.2, 0.25) is 0 Å². The summed E-state index contributed by atoms with van der Waals surface area (Å²) in [5, 5.41) is 11.0. The Morgan fingerprint density at radius 2 is 2.24 bits per heavy atom. The molecule has 3 rings (SSSR count). The molecule has 0 aliphatic rings. The normalized spacial score (nSPS) is 11.1. The smallest absolute Gasteiger partial charge is 0.291 e. The zero-order valence-electron chi connectivity index (χ0n) is 8.93. The van der Waals surface area contributed by atoms with Gasteiger partial charge < -0.3 is 10.1 Å². The third-order valence-electron chi connectivity index (χ3n) is 2.70. The van der Waals surface area contributed by atoms with Crippen molar-refractivity contribution in [3.63, 3.8) is 0 Å². The van der Waals surface area contributed by atoms with Crippen molar-refractivity contribution < 1.29 is 5.11 Å². The molecule has 3 heterocycles. The first kappa shape index (κ1) is 9.71. The first-order valence-electron chi connectivity index (χ1n) is 4.99. The molecule has 6 heteroatoms. The first-order chi connectivity index (χ1) is 8.16. The van der Waals surface area contributed by atoms with E-state index in [2.05, 4.69) is 19.9 Å². The molecule has 6 nitrogen and oxygen atoms in total.